The van der Waals surface area contributed by atoms with Crippen LogP contribution in [0.2, 0.25) is 0 Å². The van der Waals surface area contributed by atoms with Gasteiger partial charge in [0, 0.05) is 12.6 Å². The van der Waals surface area contributed by atoms with E-state index in [0.717, 1.165) is 26.6 Å². The molecule has 0 saturated carbocycles. The summed E-state index contributed by atoms with van der Waals surface area (Å²) in [6.45, 7) is 6.44. The molecule has 0 saturated heterocycles. The highest BCUT2D eigenvalue weighted by atomic mass is 32.2. The maximum absolute atomic E-state index is 12.2. The molecule has 0 atom stereocenters. The number of hydrogen-bond acceptors (Lipinski definition) is 7. The minimum atomic E-state index is -0.423. The second kappa shape index (κ2) is 9.01. The topological polar surface area (TPSA) is 60.8 Å². The number of carbonyl (C=O) groups excluding carboxylic acids is 1. The zero-order valence-corrected chi connectivity index (χ0v) is 16.7. The van der Waals surface area contributed by atoms with Crippen molar-refractivity contribution in [3.63, 3.8) is 0 Å². The fourth-order valence-corrected chi connectivity index (χ4v) is 3.47. The Morgan fingerprint density at radius 2 is 2.04 bits per heavy atom. The fourth-order valence-electron chi connectivity index (χ4n) is 2.29. The van der Waals surface area contributed by atoms with Crippen LogP contribution in [0.3, 0.4) is 0 Å². The summed E-state index contributed by atoms with van der Waals surface area (Å²) in [6, 6.07) is 3.98. The van der Waals surface area contributed by atoms with Crippen molar-refractivity contribution in [3.8, 4) is 5.88 Å². The largest absolute Gasteiger partial charge is 0.472 e. The van der Waals surface area contributed by atoms with Crippen molar-refractivity contribution in [2.45, 2.75) is 31.7 Å². The number of benzene rings is 1. The van der Waals surface area contributed by atoms with Gasteiger partial charge in [-0.3, -0.25) is 4.99 Å². The Balaban J connectivity index is 2.32. The van der Waals surface area contributed by atoms with E-state index in [1.165, 1.54) is 0 Å². The second-order valence-electron chi connectivity index (χ2n) is 5.33. The van der Waals surface area contributed by atoms with Gasteiger partial charge in [0.1, 0.15) is 6.61 Å². The highest BCUT2D eigenvalue weighted by Gasteiger charge is 2.19. The summed E-state index contributed by atoms with van der Waals surface area (Å²) in [5.41, 5.74) is 4.15. The highest BCUT2D eigenvalue weighted by Crippen LogP contribution is 2.25. The van der Waals surface area contributed by atoms with Crippen LogP contribution >= 0.6 is 23.1 Å². The molecule has 134 valence electrons. The molecule has 7 heteroatoms. The molecule has 1 aromatic heterocycles. The van der Waals surface area contributed by atoms with E-state index in [4.69, 9.17) is 9.47 Å². The SMILES string of the molecule is CCOC(=O)/C(=N/C)c1cc(C)c(C)cc1COc1csc(SC)n1. The highest BCUT2D eigenvalue weighted by molar-refractivity contribution is 8.00. The Hall–Kier alpha value is -1.86. The average Bonchev–Trinajstić information content (AvgIpc) is 3.05. The van der Waals surface area contributed by atoms with Crippen LogP contribution in [0.15, 0.2) is 26.8 Å². The molecule has 0 aliphatic rings. The molecule has 0 bridgehead atoms. The number of aromatic nitrogens is 1. The number of nitrogens with zero attached hydrogens (tertiary/aromatic N) is 2. The number of thioether (sulfide) groups is 1. The lowest BCUT2D eigenvalue weighted by Crippen LogP contribution is -2.21. The number of aryl methyl sites for hydroxylation is 2. The van der Waals surface area contributed by atoms with Crippen LogP contribution in [0.1, 0.15) is 29.2 Å². The summed E-state index contributed by atoms with van der Waals surface area (Å²) in [5, 5.41) is 1.88. The lowest BCUT2D eigenvalue weighted by molar-refractivity contribution is -0.134. The Morgan fingerprint density at radius 1 is 1.32 bits per heavy atom. The van der Waals surface area contributed by atoms with Crippen LogP contribution in [0.5, 0.6) is 5.88 Å². The molecule has 5 nitrogen and oxygen atoms in total. The van der Waals surface area contributed by atoms with Gasteiger partial charge in [-0.05, 0) is 49.8 Å². The van der Waals surface area contributed by atoms with E-state index >= 15 is 0 Å². The zero-order valence-electron chi connectivity index (χ0n) is 15.1. The monoisotopic (exact) mass is 378 g/mol. The third kappa shape index (κ3) is 4.83. The maximum Gasteiger partial charge on any atom is 0.357 e. The van der Waals surface area contributed by atoms with Crippen molar-refractivity contribution >= 4 is 34.8 Å². The predicted octanol–water partition coefficient (Wildman–Crippen LogP) is 4.04. The Bertz CT molecular complexity index is 785. The minimum absolute atomic E-state index is 0.310. The first-order valence-corrected chi connectivity index (χ1v) is 9.97. The quantitative estimate of drug-likeness (QED) is 0.413. The number of esters is 1. The van der Waals surface area contributed by atoms with Gasteiger partial charge in [-0.1, -0.05) is 17.8 Å². The van der Waals surface area contributed by atoms with Gasteiger partial charge in [-0.25, -0.2) is 4.79 Å². The molecule has 0 aliphatic heterocycles. The molecule has 2 rings (SSSR count). The Morgan fingerprint density at radius 3 is 2.64 bits per heavy atom. The van der Waals surface area contributed by atoms with Crippen LogP contribution in [-0.2, 0) is 16.1 Å². The standard InChI is InChI=1S/C18H22N2O3S2/c1-6-22-17(21)16(19-4)14-8-12(3)11(2)7-13(14)9-23-15-10-25-18(20-15)24-5/h7-8,10H,6,9H2,1-5H3/b19-16+. The molecule has 1 aromatic carbocycles. The Labute approximate surface area is 156 Å². The van der Waals surface area contributed by atoms with Gasteiger partial charge < -0.3 is 9.47 Å². The van der Waals surface area contributed by atoms with E-state index in [1.54, 1.807) is 37.1 Å². The van der Waals surface area contributed by atoms with Crippen LogP contribution in [-0.4, -0.2) is 36.6 Å². The molecular weight excluding hydrogens is 356 g/mol. The van der Waals surface area contributed by atoms with E-state index in [2.05, 4.69) is 9.98 Å². The molecule has 0 aliphatic carbocycles. The van der Waals surface area contributed by atoms with E-state index in [1.807, 2.05) is 37.6 Å². The predicted molar refractivity (Wildman–Crippen MR) is 103 cm³/mol. The molecule has 0 fully saturated rings. The first-order valence-electron chi connectivity index (χ1n) is 7.86. The first kappa shape index (κ1) is 19.5. The summed E-state index contributed by atoms with van der Waals surface area (Å²) in [7, 11) is 1.59. The molecule has 25 heavy (non-hydrogen) atoms. The Kier molecular flexibility index (Phi) is 7.01. The van der Waals surface area contributed by atoms with Crippen LogP contribution in [0.25, 0.3) is 0 Å². The summed E-state index contributed by atoms with van der Waals surface area (Å²) in [6.07, 6.45) is 1.98. The molecule has 0 amide bonds. The van der Waals surface area contributed by atoms with Crippen LogP contribution < -0.4 is 4.74 Å². The average molecular weight is 379 g/mol. The third-order valence-corrected chi connectivity index (χ3v) is 5.52. The lowest BCUT2D eigenvalue weighted by atomic mass is 9.97. The molecule has 2 aromatic rings. The van der Waals surface area contributed by atoms with E-state index in [-0.39, 0.29) is 0 Å². The van der Waals surface area contributed by atoms with Gasteiger partial charge in [0.25, 0.3) is 0 Å². The molecule has 1 heterocycles. The smallest absolute Gasteiger partial charge is 0.357 e. The number of carbonyl (C=O) groups is 1. The molecule has 0 unspecified atom stereocenters. The van der Waals surface area contributed by atoms with Gasteiger partial charge in [0.2, 0.25) is 5.88 Å². The number of hydrogen-bond donors (Lipinski definition) is 0. The van der Waals surface area contributed by atoms with E-state index in [9.17, 15) is 4.79 Å². The van der Waals surface area contributed by atoms with Crippen molar-refractivity contribution in [1.29, 1.82) is 0 Å². The summed E-state index contributed by atoms with van der Waals surface area (Å²) in [4.78, 5) is 20.8. The van der Waals surface area contributed by atoms with Gasteiger partial charge in [0.15, 0.2) is 10.1 Å². The maximum atomic E-state index is 12.2. The fraction of sp³-hybridized carbons (Fsp3) is 0.389. The summed E-state index contributed by atoms with van der Waals surface area (Å²) < 4.78 is 11.9. The minimum Gasteiger partial charge on any atom is -0.472 e. The first-order chi connectivity index (χ1) is 12.0. The van der Waals surface area contributed by atoms with Crippen molar-refractivity contribution < 1.29 is 14.3 Å². The lowest BCUT2D eigenvalue weighted by Gasteiger charge is -2.14. The number of aliphatic imine (C=N–C) groups is 1. The molecule has 0 spiro atoms. The van der Waals surface area contributed by atoms with Crippen molar-refractivity contribution in [2.24, 2.45) is 4.99 Å². The number of rotatable bonds is 7. The van der Waals surface area contributed by atoms with E-state index in [0.29, 0.717) is 24.8 Å². The molecule has 0 N–H and O–H groups in total. The van der Waals surface area contributed by atoms with E-state index < -0.39 is 5.97 Å². The van der Waals surface area contributed by atoms with Gasteiger partial charge in [0.05, 0.1) is 12.0 Å². The molecule has 0 radical (unpaired) electrons. The van der Waals surface area contributed by atoms with Crippen LogP contribution in [0.4, 0.5) is 0 Å². The van der Waals surface area contributed by atoms with Gasteiger partial charge >= 0.3 is 5.97 Å². The van der Waals surface area contributed by atoms with Crippen LogP contribution in [0, 0.1) is 13.8 Å². The van der Waals surface area contributed by atoms with Crippen molar-refractivity contribution in [1.82, 2.24) is 4.98 Å². The number of thiazole rings is 1. The zero-order chi connectivity index (χ0) is 18.4. The second-order valence-corrected chi connectivity index (χ2v) is 7.24. The molecular formula is C18H22N2O3S2. The van der Waals surface area contributed by atoms with Gasteiger partial charge in [-0.2, -0.15) is 4.98 Å². The van der Waals surface area contributed by atoms with Crippen molar-refractivity contribution in [3.05, 3.63) is 39.8 Å². The van der Waals surface area contributed by atoms with Crippen molar-refractivity contribution in [2.75, 3.05) is 19.9 Å². The number of ether oxygens (including phenoxy) is 2. The normalized spacial score (nSPS) is 11.5. The summed E-state index contributed by atoms with van der Waals surface area (Å²) >= 11 is 3.13. The summed E-state index contributed by atoms with van der Waals surface area (Å²) in [5.74, 6) is 0.164. The third-order valence-electron chi connectivity index (χ3n) is 3.68. The van der Waals surface area contributed by atoms with Gasteiger partial charge in [-0.15, -0.1) is 11.3 Å².